The third-order valence-electron chi connectivity index (χ3n) is 6.72. The SMILES string of the molecule is c1ccc(-c2cc(-c3ccccc3)n3c(n2)nc2cc(-c4cccc(-c5ccncc5)c4)ccc23)cc1. The molecule has 7 rings (SSSR count). The number of pyridine rings is 1. The zero-order chi connectivity index (χ0) is 24.6. The summed E-state index contributed by atoms with van der Waals surface area (Å²) < 4.78 is 2.16. The Labute approximate surface area is 214 Å². The summed E-state index contributed by atoms with van der Waals surface area (Å²) in [4.78, 5) is 14.1. The van der Waals surface area contributed by atoms with E-state index in [1.54, 1.807) is 0 Å². The molecule has 0 aliphatic rings. The first-order chi connectivity index (χ1) is 18.3. The van der Waals surface area contributed by atoms with Gasteiger partial charge in [-0.2, -0.15) is 0 Å². The van der Waals surface area contributed by atoms with E-state index in [9.17, 15) is 0 Å². The van der Waals surface area contributed by atoms with Crippen LogP contribution in [0, 0.1) is 0 Å². The number of nitrogens with zero attached hydrogens (tertiary/aromatic N) is 4. The van der Waals surface area contributed by atoms with Crippen LogP contribution in [0.2, 0.25) is 0 Å². The predicted molar refractivity (Wildman–Crippen MR) is 150 cm³/mol. The lowest BCUT2D eigenvalue weighted by Crippen LogP contribution is -1.97. The van der Waals surface area contributed by atoms with E-state index in [1.165, 1.54) is 0 Å². The van der Waals surface area contributed by atoms with Gasteiger partial charge in [0, 0.05) is 18.0 Å². The third kappa shape index (κ3) is 3.85. The molecule has 7 aromatic rings. The summed E-state index contributed by atoms with van der Waals surface area (Å²) in [6, 6.07) is 42.0. The molecule has 4 aromatic carbocycles. The maximum Gasteiger partial charge on any atom is 0.235 e. The first-order valence-corrected chi connectivity index (χ1v) is 12.3. The fourth-order valence-corrected chi connectivity index (χ4v) is 4.89. The van der Waals surface area contributed by atoms with Gasteiger partial charge in [-0.05, 0) is 64.2 Å². The monoisotopic (exact) mass is 474 g/mol. The zero-order valence-corrected chi connectivity index (χ0v) is 20.0. The van der Waals surface area contributed by atoms with Crippen LogP contribution in [0.5, 0.6) is 0 Å². The van der Waals surface area contributed by atoms with E-state index < -0.39 is 0 Å². The summed E-state index contributed by atoms with van der Waals surface area (Å²) in [6.45, 7) is 0. The molecule has 3 heterocycles. The van der Waals surface area contributed by atoms with Gasteiger partial charge in [0.25, 0.3) is 0 Å². The molecule has 37 heavy (non-hydrogen) atoms. The summed E-state index contributed by atoms with van der Waals surface area (Å²) in [5, 5.41) is 0. The van der Waals surface area contributed by atoms with Gasteiger partial charge in [-0.3, -0.25) is 9.38 Å². The highest BCUT2D eigenvalue weighted by atomic mass is 15.1. The molecule has 0 amide bonds. The molecule has 0 N–H and O–H groups in total. The number of rotatable bonds is 4. The fourth-order valence-electron chi connectivity index (χ4n) is 4.89. The second-order valence-corrected chi connectivity index (χ2v) is 9.03. The van der Waals surface area contributed by atoms with Gasteiger partial charge in [-0.1, -0.05) is 84.9 Å². The van der Waals surface area contributed by atoms with Crippen molar-refractivity contribution >= 4 is 16.8 Å². The van der Waals surface area contributed by atoms with Gasteiger partial charge in [0.05, 0.1) is 22.4 Å². The van der Waals surface area contributed by atoms with E-state index >= 15 is 0 Å². The smallest absolute Gasteiger partial charge is 0.235 e. The molecule has 0 spiro atoms. The predicted octanol–water partition coefficient (Wildman–Crippen LogP) is 7.95. The number of imidazole rings is 1. The highest BCUT2D eigenvalue weighted by Crippen LogP contribution is 2.32. The Morgan fingerprint density at radius 3 is 1.86 bits per heavy atom. The quantitative estimate of drug-likeness (QED) is 0.260. The van der Waals surface area contributed by atoms with Gasteiger partial charge in [-0.25, -0.2) is 9.97 Å². The normalized spacial score (nSPS) is 11.2. The molecule has 4 nitrogen and oxygen atoms in total. The Morgan fingerprint density at radius 1 is 0.459 bits per heavy atom. The first kappa shape index (κ1) is 21.2. The molecule has 0 radical (unpaired) electrons. The number of hydrogen-bond acceptors (Lipinski definition) is 3. The van der Waals surface area contributed by atoms with Crippen LogP contribution in [0.15, 0.2) is 134 Å². The lowest BCUT2D eigenvalue weighted by Gasteiger charge is -2.10. The van der Waals surface area contributed by atoms with E-state index in [-0.39, 0.29) is 0 Å². The Morgan fingerprint density at radius 2 is 1.11 bits per heavy atom. The second-order valence-electron chi connectivity index (χ2n) is 9.03. The molecule has 3 aromatic heterocycles. The highest BCUT2D eigenvalue weighted by molar-refractivity contribution is 5.88. The van der Waals surface area contributed by atoms with Crippen LogP contribution in [0.1, 0.15) is 0 Å². The van der Waals surface area contributed by atoms with Crippen molar-refractivity contribution in [2.75, 3.05) is 0 Å². The summed E-state index contributed by atoms with van der Waals surface area (Å²) in [5.41, 5.74) is 10.7. The molecule has 174 valence electrons. The van der Waals surface area contributed by atoms with Crippen molar-refractivity contribution in [1.29, 1.82) is 0 Å². The van der Waals surface area contributed by atoms with Crippen molar-refractivity contribution in [3.63, 3.8) is 0 Å². The van der Waals surface area contributed by atoms with Gasteiger partial charge < -0.3 is 0 Å². The van der Waals surface area contributed by atoms with Crippen LogP contribution >= 0.6 is 0 Å². The lowest BCUT2D eigenvalue weighted by molar-refractivity contribution is 1.14. The molecular weight excluding hydrogens is 452 g/mol. The Bertz CT molecular complexity index is 1860. The van der Waals surface area contributed by atoms with Crippen LogP contribution in [0.25, 0.3) is 61.6 Å². The topological polar surface area (TPSA) is 43.1 Å². The molecule has 0 saturated heterocycles. The minimum atomic E-state index is 0.692. The van der Waals surface area contributed by atoms with E-state index in [1.807, 2.05) is 48.8 Å². The molecule has 0 atom stereocenters. The highest BCUT2D eigenvalue weighted by Gasteiger charge is 2.15. The van der Waals surface area contributed by atoms with Crippen molar-refractivity contribution in [3.8, 4) is 44.8 Å². The molecular formula is C33H22N4. The number of aromatic nitrogens is 4. The molecule has 4 heteroatoms. The average molecular weight is 475 g/mol. The summed E-state index contributed by atoms with van der Waals surface area (Å²) >= 11 is 0. The van der Waals surface area contributed by atoms with Crippen LogP contribution in [-0.2, 0) is 0 Å². The van der Waals surface area contributed by atoms with Crippen molar-refractivity contribution in [2.24, 2.45) is 0 Å². The number of hydrogen-bond donors (Lipinski definition) is 0. The fraction of sp³-hybridized carbons (Fsp3) is 0. The van der Waals surface area contributed by atoms with Crippen molar-refractivity contribution in [3.05, 3.63) is 134 Å². The van der Waals surface area contributed by atoms with E-state index in [2.05, 4.69) is 94.3 Å². The maximum absolute atomic E-state index is 5.00. The molecule has 0 aliphatic carbocycles. The van der Waals surface area contributed by atoms with E-state index in [0.717, 1.165) is 55.8 Å². The standard InChI is InChI=1S/C33H22N4/c1-3-8-24(9-4-1)29-22-32(25-10-5-2-6-11-25)37-31-15-14-28(21-30(31)36-33(37)35-29)27-13-7-12-26(20-27)23-16-18-34-19-17-23/h1-22H. The van der Waals surface area contributed by atoms with Gasteiger partial charge >= 0.3 is 0 Å². The van der Waals surface area contributed by atoms with Gasteiger partial charge in [-0.15, -0.1) is 0 Å². The molecule has 0 bridgehead atoms. The molecule has 0 saturated carbocycles. The summed E-state index contributed by atoms with van der Waals surface area (Å²) in [5.74, 6) is 0.692. The van der Waals surface area contributed by atoms with E-state index in [0.29, 0.717) is 5.78 Å². The van der Waals surface area contributed by atoms with Gasteiger partial charge in [0.15, 0.2) is 0 Å². The van der Waals surface area contributed by atoms with Crippen LogP contribution < -0.4 is 0 Å². The third-order valence-corrected chi connectivity index (χ3v) is 6.72. The van der Waals surface area contributed by atoms with Crippen molar-refractivity contribution in [1.82, 2.24) is 19.4 Å². The Kier molecular flexibility index (Phi) is 5.07. The zero-order valence-electron chi connectivity index (χ0n) is 20.0. The minimum Gasteiger partial charge on any atom is -0.276 e. The average Bonchev–Trinajstić information content (AvgIpc) is 3.36. The molecule has 0 fully saturated rings. The maximum atomic E-state index is 5.00. The van der Waals surface area contributed by atoms with Crippen LogP contribution in [-0.4, -0.2) is 19.4 Å². The number of benzene rings is 4. The molecule has 0 aliphatic heterocycles. The van der Waals surface area contributed by atoms with Gasteiger partial charge in [0.1, 0.15) is 0 Å². The minimum absolute atomic E-state index is 0.692. The first-order valence-electron chi connectivity index (χ1n) is 12.3. The number of fused-ring (bicyclic) bond motifs is 3. The van der Waals surface area contributed by atoms with Gasteiger partial charge in [0.2, 0.25) is 5.78 Å². The lowest BCUT2D eigenvalue weighted by atomic mass is 9.99. The van der Waals surface area contributed by atoms with Crippen molar-refractivity contribution in [2.45, 2.75) is 0 Å². The Balaban J connectivity index is 1.42. The van der Waals surface area contributed by atoms with Crippen molar-refractivity contribution < 1.29 is 0 Å². The van der Waals surface area contributed by atoms with Crippen LogP contribution in [0.3, 0.4) is 0 Å². The second kappa shape index (κ2) is 8.85. The van der Waals surface area contributed by atoms with E-state index in [4.69, 9.17) is 9.97 Å². The summed E-state index contributed by atoms with van der Waals surface area (Å²) in [6.07, 6.45) is 3.65. The van der Waals surface area contributed by atoms with Crippen LogP contribution in [0.4, 0.5) is 0 Å². The summed E-state index contributed by atoms with van der Waals surface area (Å²) in [7, 11) is 0. The molecule has 0 unspecified atom stereocenters. The Hall–Kier alpha value is -5.09. The largest absolute Gasteiger partial charge is 0.276 e.